The summed E-state index contributed by atoms with van der Waals surface area (Å²) in [6.45, 7) is 4.12. The number of nitrogens with zero attached hydrogens (tertiary/aromatic N) is 1. The molecule has 2 N–H and O–H groups in total. The number of rotatable bonds is 9. The molecule has 2 amide bonds. The zero-order valence-electron chi connectivity index (χ0n) is 18.8. The fourth-order valence-corrected chi connectivity index (χ4v) is 3.25. The van der Waals surface area contributed by atoms with E-state index in [9.17, 15) is 9.59 Å². The summed E-state index contributed by atoms with van der Waals surface area (Å²) in [4.78, 5) is 25.1. The van der Waals surface area contributed by atoms with Gasteiger partial charge in [-0.1, -0.05) is 49.2 Å². The number of amides is 2. The molecule has 3 aromatic rings. The highest BCUT2D eigenvalue weighted by Crippen LogP contribution is 2.15. The molecule has 8 heteroatoms. The van der Waals surface area contributed by atoms with Gasteiger partial charge in [0, 0.05) is 15.6 Å². The molecule has 0 aliphatic carbocycles. The molecule has 0 spiro atoms. The third-order valence-corrected chi connectivity index (χ3v) is 5.43. The van der Waals surface area contributed by atoms with Crippen LogP contribution in [0, 0.1) is 5.92 Å². The molecule has 0 aliphatic heterocycles. The Morgan fingerprint density at radius 1 is 0.912 bits per heavy atom. The summed E-state index contributed by atoms with van der Waals surface area (Å²) in [5.41, 5.74) is 4.72. The minimum atomic E-state index is -0.746. The van der Waals surface area contributed by atoms with Gasteiger partial charge in [0.15, 0.2) is 0 Å². The first kappa shape index (κ1) is 25.3. The summed E-state index contributed by atoms with van der Waals surface area (Å²) in [6.07, 6.45) is 1.53. The van der Waals surface area contributed by atoms with E-state index < -0.39 is 11.9 Å². The van der Waals surface area contributed by atoms with Crippen LogP contribution in [-0.4, -0.2) is 24.1 Å². The summed E-state index contributed by atoms with van der Waals surface area (Å²) in [7, 11) is 0. The van der Waals surface area contributed by atoms with E-state index in [0.717, 1.165) is 11.1 Å². The molecule has 0 radical (unpaired) electrons. The minimum absolute atomic E-state index is 0.136. The van der Waals surface area contributed by atoms with Crippen molar-refractivity contribution in [1.29, 1.82) is 0 Å². The first-order chi connectivity index (χ1) is 16.3. The van der Waals surface area contributed by atoms with Crippen molar-refractivity contribution < 1.29 is 14.3 Å². The summed E-state index contributed by atoms with van der Waals surface area (Å²) < 4.78 is 5.76. The van der Waals surface area contributed by atoms with E-state index in [4.69, 9.17) is 27.9 Å². The predicted molar refractivity (Wildman–Crippen MR) is 136 cm³/mol. The molecular formula is C26H25Cl2N3O3. The number of halogens is 2. The maximum absolute atomic E-state index is 12.6. The molecule has 176 valence electrons. The minimum Gasteiger partial charge on any atom is -0.489 e. The van der Waals surface area contributed by atoms with Crippen molar-refractivity contribution in [2.45, 2.75) is 26.5 Å². The molecule has 0 aromatic heterocycles. The highest BCUT2D eigenvalue weighted by atomic mass is 35.5. The molecule has 0 bridgehead atoms. The average molecular weight is 498 g/mol. The second kappa shape index (κ2) is 12.2. The Morgan fingerprint density at radius 2 is 1.50 bits per heavy atom. The van der Waals surface area contributed by atoms with Crippen molar-refractivity contribution in [2.24, 2.45) is 11.0 Å². The number of nitrogens with one attached hydrogen (secondary N) is 2. The standard InChI is InChI=1S/C26H25Cl2N3O3/c1-17(2)24(30-25(32)20-7-11-22(28)12-8-20)26(33)31-29-15-18-5-13-23(14-6-18)34-16-19-3-9-21(27)10-4-19/h3-15,17,24H,16H2,1-2H3,(H,30,32)(H,31,33)/b29-15-. The van der Waals surface area contributed by atoms with Gasteiger partial charge in [-0.05, 0) is 77.7 Å². The molecule has 3 aromatic carbocycles. The van der Waals surface area contributed by atoms with Crippen molar-refractivity contribution in [3.05, 3.63) is 99.5 Å². The van der Waals surface area contributed by atoms with Gasteiger partial charge < -0.3 is 10.1 Å². The molecule has 3 rings (SSSR count). The van der Waals surface area contributed by atoms with Crippen molar-refractivity contribution >= 4 is 41.2 Å². The van der Waals surface area contributed by atoms with E-state index in [1.165, 1.54) is 6.21 Å². The van der Waals surface area contributed by atoms with Crippen LogP contribution in [0.25, 0.3) is 0 Å². The number of hydrogen-bond acceptors (Lipinski definition) is 4. The van der Waals surface area contributed by atoms with E-state index in [2.05, 4.69) is 15.8 Å². The van der Waals surface area contributed by atoms with Crippen LogP contribution in [0.1, 0.15) is 35.3 Å². The van der Waals surface area contributed by atoms with Crippen molar-refractivity contribution in [1.82, 2.24) is 10.7 Å². The van der Waals surface area contributed by atoms with Gasteiger partial charge in [-0.3, -0.25) is 9.59 Å². The van der Waals surface area contributed by atoms with Gasteiger partial charge in [0.05, 0.1) is 6.21 Å². The third-order valence-electron chi connectivity index (χ3n) is 4.93. The predicted octanol–water partition coefficient (Wildman–Crippen LogP) is 5.48. The highest BCUT2D eigenvalue weighted by molar-refractivity contribution is 6.30. The highest BCUT2D eigenvalue weighted by Gasteiger charge is 2.24. The molecule has 0 heterocycles. The molecule has 6 nitrogen and oxygen atoms in total. The van der Waals surface area contributed by atoms with E-state index in [1.807, 2.05) is 62.4 Å². The third kappa shape index (κ3) is 7.61. The second-order valence-electron chi connectivity index (χ2n) is 7.92. The van der Waals surface area contributed by atoms with Gasteiger partial charge in [-0.2, -0.15) is 5.10 Å². The Morgan fingerprint density at radius 3 is 2.09 bits per heavy atom. The molecular weight excluding hydrogens is 473 g/mol. The summed E-state index contributed by atoms with van der Waals surface area (Å²) in [5.74, 6) is -0.190. The van der Waals surface area contributed by atoms with Crippen LogP contribution >= 0.6 is 23.2 Å². The normalized spacial score (nSPS) is 11.9. The lowest BCUT2D eigenvalue weighted by Gasteiger charge is -2.20. The fraction of sp³-hybridized carbons (Fsp3) is 0.192. The average Bonchev–Trinajstić information content (AvgIpc) is 2.83. The molecule has 0 aliphatic rings. The summed E-state index contributed by atoms with van der Waals surface area (Å²) >= 11 is 11.8. The lowest BCUT2D eigenvalue weighted by atomic mass is 10.0. The van der Waals surface area contributed by atoms with Crippen molar-refractivity contribution in [3.63, 3.8) is 0 Å². The van der Waals surface area contributed by atoms with Gasteiger partial charge in [-0.25, -0.2) is 5.43 Å². The van der Waals surface area contributed by atoms with E-state index in [0.29, 0.717) is 28.0 Å². The zero-order valence-corrected chi connectivity index (χ0v) is 20.3. The van der Waals surface area contributed by atoms with Crippen LogP contribution in [-0.2, 0) is 11.4 Å². The molecule has 0 saturated carbocycles. The van der Waals surface area contributed by atoms with Gasteiger partial charge >= 0.3 is 0 Å². The van der Waals surface area contributed by atoms with Crippen LogP contribution in [0.2, 0.25) is 10.0 Å². The number of ether oxygens (including phenoxy) is 1. The van der Waals surface area contributed by atoms with Gasteiger partial charge in [0.25, 0.3) is 11.8 Å². The topological polar surface area (TPSA) is 79.8 Å². The SMILES string of the molecule is CC(C)C(NC(=O)c1ccc(Cl)cc1)C(=O)N/N=C\c1ccc(OCc2ccc(Cl)cc2)cc1. The first-order valence-corrected chi connectivity index (χ1v) is 11.4. The number of carbonyl (C=O) groups is 2. The van der Waals surface area contributed by atoms with Crippen LogP contribution in [0.4, 0.5) is 0 Å². The van der Waals surface area contributed by atoms with Crippen molar-refractivity contribution in [3.8, 4) is 5.75 Å². The maximum Gasteiger partial charge on any atom is 0.262 e. The summed E-state index contributed by atoms with van der Waals surface area (Å²) in [6, 6.07) is 20.5. The molecule has 1 atom stereocenters. The number of hydrazone groups is 1. The Bertz CT molecular complexity index is 1130. The van der Waals surface area contributed by atoms with E-state index in [-0.39, 0.29) is 11.8 Å². The number of hydrogen-bond donors (Lipinski definition) is 2. The number of carbonyl (C=O) groups excluding carboxylic acids is 2. The van der Waals surface area contributed by atoms with Gasteiger partial charge in [0.1, 0.15) is 18.4 Å². The molecule has 1 unspecified atom stereocenters. The van der Waals surface area contributed by atoms with E-state index >= 15 is 0 Å². The van der Waals surface area contributed by atoms with Crippen LogP contribution in [0.5, 0.6) is 5.75 Å². The first-order valence-electron chi connectivity index (χ1n) is 10.7. The number of benzene rings is 3. The lowest BCUT2D eigenvalue weighted by Crippen LogP contribution is -2.48. The Hall–Kier alpha value is -3.35. The summed E-state index contributed by atoms with van der Waals surface area (Å²) in [5, 5.41) is 7.98. The monoisotopic (exact) mass is 497 g/mol. The largest absolute Gasteiger partial charge is 0.489 e. The van der Waals surface area contributed by atoms with Gasteiger partial charge in [-0.15, -0.1) is 0 Å². The zero-order chi connectivity index (χ0) is 24.5. The Kier molecular flexibility index (Phi) is 9.08. The maximum atomic E-state index is 12.6. The van der Waals surface area contributed by atoms with Crippen LogP contribution in [0.3, 0.4) is 0 Å². The molecule has 34 heavy (non-hydrogen) atoms. The van der Waals surface area contributed by atoms with Gasteiger partial charge in [0.2, 0.25) is 0 Å². The van der Waals surface area contributed by atoms with Crippen LogP contribution in [0.15, 0.2) is 77.9 Å². The molecule has 0 saturated heterocycles. The molecule has 0 fully saturated rings. The fourth-order valence-electron chi connectivity index (χ4n) is 3.00. The second-order valence-corrected chi connectivity index (χ2v) is 8.79. The van der Waals surface area contributed by atoms with Crippen molar-refractivity contribution in [2.75, 3.05) is 0 Å². The smallest absolute Gasteiger partial charge is 0.262 e. The Labute approximate surface area is 208 Å². The van der Waals surface area contributed by atoms with Crippen LogP contribution < -0.4 is 15.5 Å². The quantitative estimate of drug-likeness (QED) is 0.303. The lowest BCUT2D eigenvalue weighted by molar-refractivity contribution is -0.123. The Balaban J connectivity index is 1.52. The van der Waals surface area contributed by atoms with E-state index in [1.54, 1.807) is 24.3 Å².